The molecule has 1 aromatic heterocycles. The molecule has 2 amide bonds. The molecule has 1 aliphatic heterocycles. The SMILES string of the molecule is CN=C(NCCCCN1C(=O)c2ccccc2C1=O)N(C)Cc1ccsc1. The summed E-state index contributed by atoms with van der Waals surface area (Å²) >= 11 is 1.69. The Hall–Kier alpha value is -2.67. The van der Waals surface area contributed by atoms with Crippen LogP contribution in [0.5, 0.6) is 0 Å². The second-order valence-electron chi connectivity index (χ2n) is 6.48. The number of imide groups is 1. The fourth-order valence-corrected chi connectivity index (χ4v) is 3.81. The summed E-state index contributed by atoms with van der Waals surface area (Å²) in [4.78, 5) is 32.4. The number of thiophene rings is 1. The van der Waals surface area contributed by atoms with Crippen LogP contribution < -0.4 is 5.32 Å². The van der Waals surface area contributed by atoms with Crippen LogP contribution in [0.15, 0.2) is 46.1 Å². The zero-order chi connectivity index (χ0) is 19.2. The quantitative estimate of drug-likeness (QED) is 0.345. The van der Waals surface area contributed by atoms with Gasteiger partial charge < -0.3 is 10.2 Å². The number of amides is 2. The number of carbonyl (C=O) groups is 2. The Morgan fingerprint density at radius 1 is 1.15 bits per heavy atom. The van der Waals surface area contributed by atoms with E-state index >= 15 is 0 Å². The summed E-state index contributed by atoms with van der Waals surface area (Å²) in [5.74, 6) is 0.465. The van der Waals surface area contributed by atoms with Crippen LogP contribution in [0.2, 0.25) is 0 Å². The Balaban J connectivity index is 1.41. The Morgan fingerprint density at radius 3 is 2.44 bits per heavy atom. The molecule has 0 saturated heterocycles. The third-order valence-corrected chi connectivity index (χ3v) is 5.28. The van der Waals surface area contributed by atoms with Crippen molar-refractivity contribution in [1.82, 2.24) is 15.1 Å². The van der Waals surface area contributed by atoms with Gasteiger partial charge in [0.05, 0.1) is 11.1 Å². The van der Waals surface area contributed by atoms with E-state index in [0.29, 0.717) is 17.7 Å². The second kappa shape index (κ2) is 8.81. The summed E-state index contributed by atoms with van der Waals surface area (Å²) in [5, 5.41) is 7.54. The van der Waals surface area contributed by atoms with Gasteiger partial charge in [-0.05, 0) is 47.4 Å². The van der Waals surface area contributed by atoms with E-state index in [2.05, 4.69) is 32.0 Å². The number of fused-ring (bicyclic) bond motifs is 1. The molecular formula is C20H24N4O2S. The largest absolute Gasteiger partial charge is 0.356 e. The molecule has 0 atom stereocenters. The summed E-state index contributed by atoms with van der Waals surface area (Å²) in [6, 6.07) is 9.11. The topological polar surface area (TPSA) is 65.0 Å². The minimum absolute atomic E-state index is 0.185. The Kier molecular flexibility index (Phi) is 6.24. The van der Waals surface area contributed by atoms with Crippen LogP contribution in [0.25, 0.3) is 0 Å². The van der Waals surface area contributed by atoms with Crippen LogP contribution in [0.1, 0.15) is 39.1 Å². The summed E-state index contributed by atoms with van der Waals surface area (Å²) in [6.45, 7) is 1.99. The lowest BCUT2D eigenvalue weighted by Crippen LogP contribution is -2.39. The van der Waals surface area contributed by atoms with Gasteiger partial charge in [-0.3, -0.25) is 19.5 Å². The van der Waals surface area contributed by atoms with Crippen molar-refractivity contribution >= 4 is 29.1 Å². The van der Waals surface area contributed by atoms with Crippen molar-refractivity contribution in [1.29, 1.82) is 0 Å². The maximum atomic E-state index is 12.3. The van der Waals surface area contributed by atoms with Gasteiger partial charge in [-0.2, -0.15) is 11.3 Å². The van der Waals surface area contributed by atoms with Gasteiger partial charge in [-0.15, -0.1) is 0 Å². The lowest BCUT2D eigenvalue weighted by atomic mass is 10.1. The van der Waals surface area contributed by atoms with Crippen molar-refractivity contribution in [3.8, 4) is 0 Å². The number of carbonyl (C=O) groups excluding carboxylic acids is 2. The zero-order valence-electron chi connectivity index (χ0n) is 15.6. The van der Waals surface area contributed by atoms with Crippen molar-refractivity contribution in [2.24, 2.45) is 4.99 Å². The van der Waals surface area contributed by atoms with Gasteiger partial charge >= 0.3 is 0 Å². The smallest absolute Gasteiger partial charge is 0.261 e. The number of benzene rings is 1. The molecular weight excluding hydrogens is 360 g/mol. The van der Waals surface area contributed by atoms with Crippen LogP contribution in [0.3, 0.4) is 0 Å². The van der Waals surface area contributed by atoms with Crippen LogP contribution in [-0.2, 0) is 6.54 Å². The molecule has 27 heavy (non-hydrogen) atoms. The van der Waals surface area contributed by atoms with E-state index in [0.717, 1.165) is 31.9 Å². The second-order valence-corrected chi connectivity index (χ2v) is 7.26. The normalized spacial score (nSPS) is 13.9. The first-order valence-electron chi connectivity index (χ1n) is 9.00. The van der Waals surface area contributed by atoms with Crippen LogP contribution >= 0.6 is 11.3 Å². The van der Waals surface area contributed by atoms with Crippen molar-refractivity contribution in [2.75, 3.05) is 27.2 Å². The number of nitrogens with zero attached hydrogens (tertiary/aromatic N) is 3. The van der Waals surface area contributed by atoms with E-state index in [1.165, 1.54) is 10.5 Å². The van der Waals surface area contributed by atoms with E-state index in [1.54, 1.807) is 42.6 Å². The molecule has 1 aliphatic rings. The van der Waals surface area contributed by atoms with E-state index in [1.807, 2.05) is 7.05 Å². The molecule has 0 radical (unpaired) electrons. The molecule has 0 aliphatic carbocycles. The first-order chi connectivity index (χ1) is 13.1. The Morgan fingerprint density at radius 2 is 1.85 bits per heavy atom. The summed E-state index contributed by atoms with van der Waals surface area (Å²) in [7, 11) is 3.77. The lowest BCUT2D eigenvalue weighted by molar-refractivity contribution is 0.0652. The number of aliphatic imine (C=N–C) groups is 1. The maximum Gasteiger partial charge on any atom is 0.261 e. The van der Waals surface area contributed by atoms with Gasteiger partial charge in [0.15, 0.2) is 5.96 Å². The van der Waals surface area contributed by atoms with Crippen molar-refractivity contribution in [2.45, 2.75) is 19.4 Å². The molecule has 2 aromatic rings. The van der Waals surface area contributed by atoms with Gasteiger partial charge in [0.1, 0.15) is 0 Å². The molecule has 3 rings (SSSR count). The molecule has 142 valence electrons. The Bertz CT molecular complexity index is 797. The van der Waals surface area contributed by atoms with Crippen molar-refractivity contribution < 1.29 is 9.59 Å². The highest BCUT2D eigenvalue weighted by molar-refractivity contribution is 7.07. The van der Waals surface area contributed by atoms with Crippen molar-refractivity contribution in [3.63, 3.8) is 0 Å². The fraction of sp³-hybridized carbons (Fsp3) is 0.350. The molecule has 7 heteroatoms. The van der Waals surface area contributed by atoms with Crippen LogP contribution in [-0.4, -0.2) is 54.8 Å². The molecule has 0 fully saturated rings. The van der Waals surface area contributed by atoms with Crippen LogP contribution in [0, 0.1) is 0 Å². The minimum atomic E-state index is -0.185. The molecule has 1 aromatic carbocycles. The molecule has 0 bridgehead atoms. The molecule has 0 spiro atoms. The van der Waals surface area contributed by atoms with E-state index in [-0.39, 0.29) is 11.8 Å². The average molecular weight is 385 g/mol. The highest BCUT2D eigenvalue weighted by atomic mass is 32.1. The molecule has 1 N–H and O–H groups in total. The van der Waals surface area contributed by atoms with E-state index < -0.39 is 0 Å². The first-order valence-corrected chi connectivity index (χ1v) is 9.94. The van der Waals surface area contributed by atoms with E-state index in [9.17, 15) is 9.59 Å². The van der Waals surface area contributed by atoms with Gasteiger partial charge in [-0.25, -0.2) is 0 Å². The zero-order valence-corrected chi connectivity index (χ0v) is 16.5. The molecule has 0 saturated carbocycles. The first kappa shape index (κ1) is 19.1. The molecule has 0 unspecified atom stereocenters. The highest BCUT2D eigenvalue weighted by Gasteiger charge is 2.34. The summed E-state index contributed by atoms with van der Waals surface area (Å²) in [6.07, 6.45) is 1.60. The van der Waals surface area contributed by atoms with Gasteiger partial charge in [-0.1, -0.05) is 12.1 Å². The van der Waals surface area contributed by atoms with E-state index in [4.69, 9.17) is 0 Å². The monoisotopic (exact) mass is 384 g/mol. The predicted octanol–water partition coefficient (Wildman–Crippen LogP) is 2.83. The molecule has 6 nitrogen and oxygen atoms in total. The number of hydrogen-bond acceptors (Lipinski definition) is 4. The predicted molar refractivity (Wildman–Crippen MR) is 108 cm³/mol. The number of unbranched alkanes of at least 4 members (excludes halogenated alkanes) is 1. The van der Waals surface area contributed by atoms with Gasteiger partial charge in [0.2, 0.25) is 0 Å². The van der Waals surface area contributed by atoms with Gasteiger partial charge in [0, 0.05) is 33.7 Å². The number of hydrogen-bond donors (Lipinski definition) is 1. The standard InChI is InChI=1S/C20H24N4O2S/c1-21-20(23(2)13-15-9-12-27-14-15)22-10-5-6-11-24-18(25)16-7-3-4-8-17(16)19(24)26/h3-4,7-9,12,14H,5-6,10-11,13H2,1-2H3,(H,21,22). The average Bonchev–Trinajstić information content (AvgIpc) is 3.27. The van der Waals surface area contributed by atoms with Crippen molar-refractivity contribution in [3.05, 3.63) is 57.8 Å². The lowest BCUT2D eigenvalue weighted by Gasteiger charge is -2.22. The third-order valence-electron chi connectivity index (χ3n) is 4.54. The third kappa shape index (κ3) is 4.36. The summed E-state index contributed by atoms with van der Waals surface area (Å²) in [5.41, 5.74) is 2.28. The molecule has 2 heterocycles. The van der Waals surface area contributed by atoms with Gasteiger partial charge in [0.25, 0.3) is 11.8 Å². The number of rotatable bonds is 7. The minimum Gasteiger partial charge on any atom is -0.356 e. The number of nitrogens with one attached hydrogen (secondary N) is 1. The summed E-state index contributed by atoms with van der Waals surface area (Å²) < 4.78 is 0. The number of guanidine groups is 1. The maximum absolute atomic E-state index is 12.3. The highest BCUT2D eigenvalue weighted by Crippen LogP contribution is 2.22. The Labute approximate surface area is 163 Å². The van der Waals surface area contributed by atoms with Crippen LogP contribution in [0.4, 0.5) is 0 Å². The fourth-order valence-electron chi connectivity index (χ4n) is 3.15.